The molecule has 90 valence electrons. The molecule has 1 rings (SSSR count). The van der Waals surface area contributed by atoms with E-state index in [0.717, 1.165) is 0 Å². The zero-order valence-corrected chi connectivity index (χ0v) is 9.48. The van der Waals surface area contributed by atoms with Crippen molar-refractivity contribution in [1.82, 2.24) is 0 Å². The lowest BCUT2D eigenvalue weighted by Crippen LogP contribution is -2.06. The standard InChI is InChI=1S/C7H2Cl2F5NS/c8-6-2-5(16(10,11,12,13)14)1-4(3-15)7(6)9/h1-2H. The summed E-state index contributed by atoms with van der Waals surface area (Å²) in [4.78, 5) is -2.23. The Kier molecular flexibility index (Phi) is 2.46. The van der Waals surface area contributed by atoms with Crippen LogP contribution in [-0.2, 0) is 0 Å². The summed E-state index contributed by atoms with van der Waals surface area (Å²) in [6.45, 7) is 0. The molecule has 0 bridgehead atoms. The molecule has 0 radical (unpaired) electrons. The summed E-state index contributed by atoms with van der Waals surface area (Å²) < 4.78 is 61.8. The Hall–Kier alpha value is -0.710. The lowest BCUT2D eigenvalue weighted by atomic mass is 10.2. The third-order valence-electron chi connectivity index (χ3n) is 1.57. The fourth-order valence-corrected chi connectivity index (χ4v) is 1.98. The number of hydrogen-bond acceptors (Lipinski definition) is 1. The average Bonchev–Trinajstić information content (AvgIpc) is 2.05. The van der Waals surface area contributed by atoms with Crippen molar-refractivity contribution in [1.29, 1.82) is 5.26 Å². The van der Waals surface area contributed by atoms with E-state index >= 15 is 0 Å². The van der Waals surface area contributed by atoms with Gasteiger partial charge in [-0.25, -0.2) is 0 Å². The van der Waals surface area contributed by atoms with Crippen LogP contribution < -0.4 is 0 Å². The molecular weight excluding hydrogens is 296 g/mol. The van der Waals surface area contributed by atoms with Crippen molar-refractivity contribution in [3.63, 3.8) is 0 Å². The Labute approximate surface area is 97.1 Å². The first kappa shape index (κ1) is 13.4. The SMILES string of the molecule is N#Cc1cc(S(F)(F)(F)(F)F)cc(Cl)c1Cl. The summed E-state index contributed by atoms with van der Waals surface area (Å²) in [7, 11) is -9.83. The Bertz CT molecular complexity index is 503. The molecule has 9 heteroatoms. The molecule has 0 saturated heterocycles. The Morgan fingerprint density at radius 2 is 1.56 bits per heavy atom. The van der Waals surface area contributed by atoms with Crippen molar-refractivity contribution in [3.05, 3.63) is 27.7 Å². The molecule has 0 aliphatic heterocycles. The number of nitrogens with zero attached hydrogens (tertiary/aromatic N) is 1. The van der Waals surface area contributed by atoms with Crippen LogP contribution in [-0.4, -0.2) is 0 Å². The first-order valence-corrected chi connectivity index (χ1v) is 6.19. The van der Waals surface area contributed by atoms with Gasteiger partial charge in [0, 0.05) is 0 Å². The topological polar surface area (TPSA) is 23.8 Å². The summed E-state index contributed by atoms with van der Waals surface area (Å²) in [5.74, 6) is 0. The van der Waals surface area contributed by atoms with Gasteiger partial charge in [-0.2, -0.15) is 5.26 Å². The van der Waals surface area contributed by atoms with Crippen LogP contribution in [0.4, 0.5) is 19.4 Å². The molecule has 0 aliphatic carbocycles. The number of rotatable bonds is 1. The molecule has 0 spiro atoms. The van der Waals surface area contributed by atoms with Gasteiger partial charge in [0.05, 0.1) is 15.6 Å². The van der Waals surface area contributed by atoms with Gasteiger partial charge in [-0.1, -0.05) is 42.6 Å². The van der Waals surface area contributed by atoms with Gasteiger partial charge >= 0.3 is 10.2 Å². The molecule has 0 N–H and O–H groups in total. The van der Waals surface area contributed by atoms with Crippen LogP contribution >= 0.6 is 33.4 Å². The van der Waals surface area contributed by atoms with Crippen molar-refractivity contribution < 1.29 is 19.4 Å². The zero-order valence-electron chi connectivity index (χ0n) is 7.16. The quantitative estimate of drug-likeness (QED) is 0.626. The Balaban J connectivity index is 3.66. The molecule has 16 heavy (non-hydrogen) atoms. The highest BCUT2D eigenvalue weighted by atomic mass is 35.5. The Morgan fingerprint density at radius 3 is 1.94 bits per heavy atom. The predicted molar refractivity (Wildman–Crippen MR) is 52.6 cm³/mol. The van der Waals surface area contributed by atoms with Gasteiger partial charge in [-0.15, -0.1) is 0 Å². The van der Waals surface area contributed by atoms with E-state index in [4.69, 9.17) is 28.5 Å². The van der Waals surface area contributed by atoms with Gasteiger partial charge in [0.1, 0.15) is 11.0 Å². The third-order valence-corrected chi connectivity index (χ3v) is 3.50. The van der Waals surface area contributed by atoms with E-state index < -0.39 is 30.7 Å². The van der Waals surface area contributed by atoms with Crippen molar-refractivity contribution in [2.24, 2.45) is 0 Å². The molecule has 0 heterocycles. The second-order valence-electron chi connectivity index (χ2n) is 2.85. The maximum absolute atomic E-state index is 12.4. The van der Waals surface area contributed by atoms with E-state index in [2.05, 4.69) is 0 Å². The molecule has 0 fully saturated rings. The fourth-order valence-electron chi connectivity index (χ4n) is 0.868. The van der Waals surface area contributed by atoms with E-state index in [-0.39, 0.29) is 12.1 Å². The van der Waals surface area contributed by atoms with Crippen LogP contribution in [0.3, 0.4) is 0 Å². The van der Waals surface area contributed by atoms with Gasteiger partial charge in [0.15, 0.2) is 0 Å². The van der Waals surface area contributed by atoms with Crippen molar-refractivity contribution in [2.75, 3.05) is 0 Å². The lowest BCUT2D eigenvalue weighted by molar-refractivity contribution is 0.364. The second kappa shape index (κ2) is 2.94. The zero-order chi connectivity index (χ0) is 12.8. The third kappa shape index (κ3) is 2.70. The summed E-state index contributed by atoms with van der Waals surface area (Å²) >= 11 is 10.6. The van der Waals surface area contributed by atoms with Crippen molar-refractivity contribution >= 4 is 33.4 Å². The molecule has 1 nitrogen and oxygen atoms in total. The minimum Gasteiger partial charge on any atom is -0.192 e. The van der Waals surface area contributed by atoms with Gasteiger partial charge in [0.2, 0.25) is 0 Å². The fraction of sp³-hybridized carbons (Fsp3) is 0. The predicted octanol–water partition coefficient (Wildman–Crippen LogP) is 5.52. The van der Waals surface area contributed by atoms with Crippen LogP contribution in [0.5, 0.6) is 0 Å². The molecule has 0 saturated carbocycles. The highest BCUT2D eigenvalue weighted by molar-refractivity contribution is 8.45. The van der Waals surface area contributed by atoms with Gasteiger partial charge in [-0.3, -0.25) is 0 Å². The van der Waals surface area contributed by atoms with Crippen LogP contribution in [0, 0.1) is 11.3 Å². The van der Waals surface area contributed by atoms with Crippen LogP contribution in [0.2, 0.25) is 10.0 Å². The maximum atomic E-state index is 12.4. The molecule has 1 aromatic carbocycles. The smallest absolute Gasteiger partial charge is 0.192 e. The van der Waals surface area contributed by atoms with Gasteiger partial charge < -0.3 is 0 Å². The highest BCUT2D eigenvalue weighted by Crippen LogP contribution is 3.02. The Morgan fingerprint density at radius 1 is 1.06 bits per heavy atom. The second-order valence-corrected chi connectivity index (χ2v) is 6.04. The van der Waals surface area contributed by atoms with E-state index in [9.17, 15) is 19.4 Å². The van der Waals surface area contributed by atoms with Crippen molar-refractivity contribution in [3.8, 4) is 6.07 Å². The summed E-state index contributed by atoms with van der Waals surface area (Å²) in [6, 6.07) is 1.24. The molecule has 0 atom stereocenters. The van der Waals surface area contributed by atoms with E-state index in [1.54, 1.807) is 0 Å². The minimum absolute atomic E-state index is 0.00623. The number of benzene rings is 1. The summed E-state index contributed by atoms with van der Waals surface area (Å²) in [6.07, 6.45) is 0. The highest BCUT2D eigenvalue weighted by Gasteiger charge is 2.65. The monoisotopic (exact) mass is 297 g/mol. The van der Waals surface area contributed by atoms with Crippen LogP contribution in [0.15, 0.2) is 17.0 Å². The first-order valence-electron chi connectivity index (χ1n) is 3.48. The normalized spacial score (nSPS) is 16.1. The van der Waals surface area contributed by atoms with Crippen LogP contribution in [0.25, 0.3) is 0 Å². The molecule has 1 aromatic rings. The van der Waals surface area contributed by atoms with Crippen molar-refractivity contribution in [2.45, 2.75) is 4.90 Å². The van der Waals surface area contributed by atoms with E-state index in [0.29, 0.717) is 0 Å². The molecule has 0 aromatic heterocycles. The molecule has 0 unspecified atom stereocenters. The average molecular weight is 298 g/mol. The largest absolute Gasteiger partial charge is 0.310 e. The van der Waals surface area contributed by atoms with E-state index in [1.165, 1.54) is 6.07 Å². The molecular formula is C7H2Cl2F5NS. The molecule has 0 amide bonds. The van der Waals surface area contributed by atoms with Crippen LogP contribution in [0.1, 0.15) is 5.56 Å². The van der Waals surface area contributed by atoms with E-state index in [1.807, 2.05) is 0 Å². The minimum atomic E-state index is -9.83. The van der Waals surface area contributed by atoms with Gasteiger partial charge in [-0.05, 0) is 12.1 Å². The molecule has 0 aliphatic rings. The number of halogens is 7. The first-order chi connectivity index (χ1) is 6.85. The lowest BCUT2D eigenvalue weighted by Gasteiger charge is -2.40. The maximum Gasteiger partial charge on any atom is 0.310 e. The van der Waals surface area contributed by atoms with Gasteiger partial charge in [0.25, 0.3) is 0 Å². The summed E-state index contributed by atoms with van der Waals surface area (Å²) in [5, 5.41) is 7.17. The number of hydrogen-bond donors (Lipinski definition) is 0. The summed E-state index contributed by atoms with van der Waals surface area (Å²) in [5.41, 5.74) is -0.752. The number of nitriles is 1.